The van der Waals surface area contributed by atoms with Crippen molar-refractivity contribution in [2.75, 3.05) is 33.9 Å². The summed E-state index contributed by atoms with van der Waals surface area (Å²) in [6.07, 6.45) is 12.7. The summed E-state index contributed by atoms with van der Waals surface area (Å²) in [4.78, 5) is 17.3. The van der Waals surface area contributed by atoms with Crippen molar-refractivity contribution in [1.29, 1.82) is 0 Å². The molecular weight excluding hydrogens is 395 g/mol. The highest BCUT2D eigenvalue weighted by Crippen LogP contribution is 2.46. The summed E-state index contributed by atoms with van der Waals surface area (Å²) in [6.45, 7) is 5.46. The first kappa shape index (κ1) is 20.9. The monoisotopic (exact) mass is 424 g/mol. The zero-order valence-electron chi connectivity index (χ0n) is 17.9. The van der Waals surface area contributed by atoms with Gasteiger partial charge in [-0.1, -0.05) is 39.8 Å². The molecular formula is C24H29N2O3P. The van der Waals surface area contributed by atoms with E-state index in [0.717, 1.165) is 36.9 Å². The fourth-order valence-corrected chi connectivity index (χ4v) is 5.51. The summed E-state index contributed by atoms with van der Waals surface area (Å²) < 4.78 is 10.8. The molecule has 0 aliphatic carbocycles. The highest BCUT2D eigenvalue weighted by Gasteiger charge is 2.29. The molecule has 4 rings (SSSR count). The maximum Gasteiger partial charge on any atom is 0.252 e. The fourth-order valence-electron chi connectivity index (χ4n) is 4.13. The molecule has 30 heavy (non-hydrogen) atoms. The Labute approximate surface area is 180 Å². The summed E-state index contributed by atoms with van der Waals surface area (Å²) in [5.74, 6) is 1.49. The Morgan fingerprint density at radius 3 is 2.73 bits per heavy atom. The van der Waals surface area contributed by atoms with Crippen LogP contribution in [0.5, 0.6) is 11.5 Å². The van der Waals surface area contributed by atoms with Gasteiger partial charge < -0.3 is 14.4 Å². The number of nitrogens with zero attached hydrogens (tertiary/aromatic N) is 2. The van der Waals surface area contributed by atoms with E-state index in [1.807, 2.05) is 29.3 Å². The van der Waals surface area contributed by atoms with Crippen LogP contribution in [-0.2, 0) is 4.79 Å². The maximum atomic E-state index is 12.9. The zero-order valence-corrected chi connectivity index (χ0v) is 18.9. The maximum absolute atomic E-state index is 12.9. The van der Waals surface area contributed by atoms with Gasteiger partial charge in [-0.05, 0) is 53.5 Å². The number of carbonyl (C=O) groups is 1. The molecule has 2 unspecified atom stereocenters. The number of rotatable bonds is 6. The molecule has 3 aliphatic rings. The van der Waals surface area contributed by atoms with E-state index < -0.39 is 0 Å². The van der Waals surface area contributed by atoms with Crippen molar-refractivity contribution in [3.63, 3.8) is 0 Å². The molecule has 1 aromatic carbocycles. The van der Waals surface area contributed by atoms with Crippen LogP contribution in [0.25, 0.3) is 5.31 Å². The van der Waals surface area contributed by atoms with Gasteiger partial charge in [-0.3, -0.25) is 9.69 Å². The molecule has 0 spiro atoms. The van der Waals surface area contributed by atoms with Crippen LogP contribution in [0.3, 0.4) is 0 Å². The van der Waals surface area contributed by atoms with Crippen LogP contribution in [0.2, 0.25) is 0 Å². The molecule has 0 saturated carbocycles. The minimum atomic E-state index is 0.0365. The lowest BCUT2D eigenvalue weighted by atomic mass is 9.98. The molecule has 6 heteroatoms. The number of amides is 1. The van der Waals surface area contributed by atoms with Crippen LogP contribution < -0.4 is 9.47 Å². The Balaban J connectivity index is 1.53. The van der Waals surface area contributed by atoms with Crippen molar-refractivity contribution in [3.05, 3.63) is 65.4 Å². The van der Waals surface area contributed by atoms with Crippen LogP contribution in [0, 0.1) is 0 Å². The number of methoxy groups -OCH3 is 2. The molecule has 5 nitrogen and oxygen atoms in total. The molecule has 0 radical (unpaired) electrons. The van der Waals surface area contributed by atoms with Gasteiger partial charge in [0.05, 0.1) is 20.0 Å². The molecule has 158 valence electrons. The second kappa shape index (κ2) is 9.20. The van der Waals surface area contributed by atoms with Gasteiger partial charge in [0, 0.05) is 25.4 Å². The number of benzene rings is 1. The topological polar surface area (TPSA) is 42.0 Å². The largest absolute Gasteiger partial charge is 0.493 e. The van der Waals surface area contributed by atoms with Gasteiger partial charge in [-0.25, -0.2) is 0 Å². The normalized spacial score (nSPS) is 22.4. The highest BCUT2D eigenvalue weighted by molar-refractivity contribution is 7.51. The van der Waals surface area contributed by atoms with E-state index in [2.05, 4.69) is 30.1 Å². The number of ether oxygens (including phenoxy) is 2. The number of allylic oxidation sites excluding steroid dienone is 2. The van der Waals surface area contributed by atoms with Crippen LogP contribution in [0.15, 0.2) is 59.8 Å². The van der Waals surface area contributed by atoms with Gasteiger partial charge >= 0.3 is 0 Å². The minimum Gasteiger partial charge on any atom is -0.493 e. The molecule has 0 N–H and O–H groups in total. The van der Waals surface area contributed by atoms with Crippen molar-refractivity contribution in [2.45, 2.75) is 25.5 Å². The van der Waals surface area contributed by atoms with Crippen LogP contribution in [0.1, 0.15) is 25.3 Å². The summed E-state index contributed by atoms with van der Waals surface area (Å²) in [5.41, 5.74) is 3.53. The number of hydrogen-bond acceptors (Lipinski definition) is 4. The molecule has 1 aromatic rings. The fraction of sp³-hybridized carbons (Fsp3) is 0.375. The molecule has 0 saturated heterocycles. The van der Waals surface area contributed by atoms with E-state index in [-0.39, 0.29) is 11.7 Å². The number of fused-ring (bicyclic) bond motifs is 1. The molecule has 3 aliphatic heterocycles. The van der Waals surface area contributed by atoms with Gasteiger partial charge in [0.15, 0.2) is 11.5 Å². The van der Waals surface area contributed by atoms with Crippen molar-refractivity contribution >= 4 is 19.8 Å². The third-order valence-electron chi connectivity index (χ3n) is 5.76. The Bertz CT molecular complexity index is 948. The van der Waals surface area contributed by atoms with Crippen LogP contribution >= 0.6 is 8.58 Å². The van der Waals surface area contributed by atoms with Gasteiger partial charge in [-0.15, -0.1) is 0 Å². The lowest BCUT2D eigenvalue weighted by molar-refractivity contribution is -0.123. The molecule has 0 fully saturated rings. The SMILES string of the molecule is CCCN1CC=C(C2=CN3C(=O)C=C(c4ccc(OC)c(OC)c4)PC3C=C2)CC1. The first-order valence-corrected chi connectivity index (χ1v) is 11.6. The van der Waals surface area contributed by atoms with E-state index in [4.69, 9.17) is 9.47 Å². The van der Waals surface area contributed by atoms with Crippen LogP contribution in [-0.4, -0.2) is 55.3 Å². The molecule has 0 bridgehead atoms. The second-order valence-electron chi connectivity index (χ2n) is 7.69. The first-order valence-electron chi connectivity index (χ1n) is 10.5. The molecule has 0 aromatic heterocycles. The highest BCUT2D eigenvalue weighted by atomic mass is 31.1. The number of carbonyl (C=O) groups excluding carboxylic acids is 1. The Kier molecular flexibility index (Phi) is 6.40. The van der Waals surface area contributed by atoms with E-state index in [1.54, 1.807) is 20.3 Å². The predicted molar refractivity (Wildman–Crippen MR) is 123 cm³/mol. The molecule has 1 amide bonds. The Hall–Kier alpha value is -2.36. The zero-order chi connectivity index (χ0) is 21.1. The third kappa shape index (κ3) is 4.23. The Morgan fingerprint density at radius 2 is 2.03 bits per heavy atom. The third-order valence-corrected chi connectivity index (χ3v) is 7.27. The van der Waals surface area contributed by atoms with Crippen molar-refractivity contribution in [3.8, 4) is 11.5 Å². The summed E-state index contributed by atoms with van der Waals surface area (Å²) in [5, 5.41) is 1.05. The lowest BCUT2D eigenvalue weighted by Gasteiger charge is -2.35. The summed E-state index contributed by atoms with van der Waals surface area (Å²) >= 11 is 0. The Morgan fingerprint density at radius 1 is 1.20 bits per heavy atom. The van der Waals surface area contributed by atoms with E-state index in [0.29, 0.717) is 20.1 Å². The molecule has 3 heterocycles. The number of hydrogen-bond donors (Lipinski definition) is 0. The summed E-state index contributed by atoms with van der Waals surface area (Å²) in [7, 11) is 3.74. The van der Waals surface area contributed by atoms with Gasteiger partial charge in [0.2, 0.25) is 0 Å². The van der Waals surface area contributed by atoms with E-state index >= 15 is 0 Å². The van der Waals surface area contributed by atoms with Gasteiger partial charge in [0.1, 0.15) is 0 Å². The quantitative estimate of drug-likeness (QED) is 0.636. The minimum absolute atomic E-state index is 0.0365. The lowest BCUT2D eigenvalue weighted by Crippen LogP contribution is -2.36. The van der Waals surface area contributed by atoms with E-state index in [9.17, 15) is 4.79 Å². The van der Waals surface area contributed by atoms with Crippen LogP contribution in [0.4, 0.5) is 0 Å². The molecule has 2 atom stereocenters. The standard InChI is InChI=1S/C24H29N2O3P/c1-4-11-25-12-9-17(10-13-25)19-6-8-24-26(16-19)23(27)15-22(30-24)18-5-7-20(28-2)21(14-18)29-3/h5-9,14-16,24,30H,4,10-13H2,1-3H3. The van der Waals surface area contributed by atoms with E-state index in [1.165, 1.54) is 17.6 Å². The smallest absolute Gasteiger partial charge is 0.252 e. The van der Waals surface area contributed by atoms with Crippen molar-refractivity contribution in [1.82, 2.24) is 9.80 Å². The van der Waals surface area contributed by atoms with Crippen molar-refractivity contribution < 1.29 is 14.3 Å². The predicted octanol–water partition coefficient (Wildman–Crippen LogP) is 4.39. The van der Waals surface area contributed by atoms with Gasteiger partial charge in [0.25, 0.3) is 5.91 Å². The average Bonchev–Trinajstić information content (AvgIpc) is 2.79. The first-order chi connectivity index (χ1) is 14.6. The summed E-state index contributed by atoms with van der Waals surface area (Å²) in [6, 6.07) is 5.83. The van der Waals surface area contributed by atoms with Gasteiger partial charge in [-0.2, -0.15) is 0 Å². The van der Waals surface area contributed by atoms with Crippen molar-refractivity contribution in [2.24, 2.45) is 0 Å². The second-order valence-corrected chi connectivity index (χ2v) is 9.10. The average molecular weight is 424 g/mol.